The lowest BCUT2D eigenvalue weighted by molar-refractivity contribution is 0.285. The molecule has 1 saturated heterocycles. The maximum absolute atomic E-state index is 5.60. The molecule has 16 heavy (non-hydrogen) atoms. The van der Waals surface area contributed by atoms with Crippen LogP contribution in [0, 0.1) is 0 Å². The standard InChI is InChI=1S/C13H16N2O/c1-2-4-13-11(3-1)10-15(7-8-16-13)12-5-6-14-9-12/h1-4,7-8,12,14H,5-6,9-10H2. The van der Waals surface area contributed by atoms with Crippen molar-refractivity contribution in [2.45, 2.75) is 19.0 Å². The van der Waals surface area contributed by atoms with Crippen LogP contribution < -0.4 is 10.1 Å². The minimum atomic E-state index is 0.603. The normalized spacial score (nSPS) is 23.8. The topological polar surface area (TPSA) is 24.5 Å². The number of hydrogen-bond donors (Lipinski definition) is 1. The minimum absolute atomic E-state index is 0.603. The van der Waals surface area contributed by atoms with Gasteiger partial charge in [0.25, 0.3) is 0 Å². The van der Waals surface area contributed by atoms with E-state index in [1.54, 1.807) is 6.26 Å². The van der Waals surface area contributed by atoms with Crippen molar-refractivity contribution in [3.05, 3.63) is 42.3 Å². The average molecular weight is 216 g/mol. The van der Waals surface area contributed by atoms with E-state index in [1.165, 1.54) is 12.0 Å². The van der Waals surface area contributed by atoms with E-state index < -0.39 is 0 Å². The van der Waals surface area contributed by atoms with Gasteiger partial charge in [-0.3, -0.25) is 0 Å². The second-order valence-electron chi connectivity index (χ2n) is 4.33. The molecule has 3 rings (SSSR count). The van der Waals surface area contributed by atoms with Gasteiger partial charge in [-0.05, 0) is 19.0 Å². The van der Waals surface area contributed by atoms with Gasteiger partial charge in [-0.2, -0.15) is 0 Å². The summed E-state index contributed by atoms with van der Waals surface area (Å²) in [4.78, 5) is 2.37. The van der Waals surface area contributed by atoms with E-state index in [9.17, 15) is 0 Å². The molecule has 2 aliphatic heterocycles. The van der Waals surface area contributed by atoms with Gasteiger partial charge < -0.3 is 15.0 Å². The van der Waals surface area contributed by atoms with Gasteiger partial charge in [0.15, 0.2) is 0 Å². The molecule has 1 aromatic carbocycles. The molecule has 0 saturated carbocycles. The highest BCUT2D eigenvalue weighted by Gasteiger charge is 2.22. The number of nitrogens with zero attached hydrogens (tertiary/aromatic N) is 1. The molecule has 0 spiro atoms. The van der Waals surface area contributed by atoms with Gasteiger partial charge >= 0.3 is 0 Å². The quantitative estimate of drug-likeness (QED) is 0.773. The molecule has 1 unspecified atom stereocenters. The number of para-hydroxylation sites is 1. The molecule has 1 N–H and O–H groups in total. The fraction of sp³-hybridized carbons (Fsp3) is 0.385. The largest absolute Gasteiger partial charge is 0.463 e. The Labute approximate surface area is 95.7 Å². The molecule has 1 atom stereocenters. The van der Waals surface area contributed by atoms with Crippen LogP contribution in [0.3, 0.4) is 0 Å². The van der Waals surface area contributed by atoms with Crippen LogP contribution in [-0.4, -0.2) is 24.0 Å². The summed E-state index contributed by atoms with van der Waals surface area (Å²) in [5.41, 5.74) is 1.26. The summed E-state index contributed by atoms with van der Waals surface area (Å²) in [6.07, 6.45) is 5.08. The number of nitrogens with one attached hydrogen (secondary N) is 1. The smallest absolute Gasteiger partial charge is 0.131 e. The molecular weight excluding hydrogens is 200 g/mol. The van der Waals surface area contributed by atoms with Crippen molar-refractivity contribution in [3.8, 4) is 5.75 Å². The maximum atomic E-state index is 5.60. The van der Waals surface area contributed by atoms with Gasteiger partial charge in [0, 0.05) is 30.9 Å². The van der Waals surface area contributed by atoms with Gasteiger partial charge in [0.1, 0.15) is 12.0 Å². The average Bonchev–Trinajstić information content (AvgIpc) is 2.75. The summed E-state index contributed by atoms with van der Waals surface area (Å²) < 4.78 is 5.60. The highest BCUT2D eigenvalue weighted by Crippen LogP contribution is 2.24. The van der Waals surface area contributed by atoms with Crippen molar-refractivity contribution in [3.63, 3.8) is 0 Å². The monoisotopic (exact) mass is 216 g/mol. The summed E-state index contributed by atoms with van der Waals surface area (Å²) in [6.45, 7) is 3.14. The highest BCUT2D eigenvalue weighted by molar-refractivity contribution is 5.34. The van der Waals surface area contributed by atoms with Crippen molar-refractivity contribution in [1.29, 1.82) is 0 Å². The predicted octanol–water partition coefficient (Wildman–Crippen LogP) is 1.71. The van der Waals surface area contributed by atoms with E-state index in [4.69, 9.17) is 4.74 Å². The molecule has 0 aromatic heterocycles. The van der Waals surface area contributed by atoms with E-state index in [0.717, 1.165) is 25.4 Å². The Morgan fingerprint density at radius 2 is 2.25 bits per heavy atom. The van der Waals surface area contributed by atoms with Gasteiger partial charge in [-0.25, -0.2) is 0 Å². The molecule has 3 heteroatoms. The van der Waals surface area contributed by atoms with Crippen LogP contribution in [0.25, 0.3) is 0 Å². The third-order valence-corrected chi connectivity index (χ3v) is 3.28. The van der Waals surface area contributed by atoms with E-state index in [2.05, 4.69) is 28.5 Å². The second-order valence-corrected chi connectivity index (χ2v) is 4.33. The van der Waals surface area contributed by atoms with Gasteiger partial charge in [-0.15, -0.1) is 0 Å². The van der Waals surface area contributed by atoms with Crippen LogP contribution in [0.2, 0.25) is 0 Å². The molecule has 2 heterocycles. The van der Waals surface area contributed by atoms with Crippen LogP contribution in [0.5, 0.6) is 5.75 Å². The first-order valence-corrected chi connectivity index (χ1v) is 5.81. The Bertz CT molecular complexity index is 397. The van der Waals surface area contributed by atoms with Gasteiger partial charge in [-0.1, -0.05) is 18.2 Å². The van der Waals surface area contributed by atoms with E-state index >= 15 is 0 Å². The number of rotatable bonds is 1. The third-order valence-electron chi connectivity index (χ3n) is 3.28. The molecule has 1 aromatic rings. The Morgan fingerprint density at radius 3 is 3.12 bits per heavy atom. The molecule has 3 nitrogen and oxygen atoms in total. The van der Waals surface area contributed by atoms with Crippen molar-refractivity contribution in [2.24, 2.45) is 0 Å². The summed E-state index contributed by atoms with van der Waals surface area (Å²) in [6, 6.07) is 8.84. The Balaban J connectivity index is 1.83. The maximum Gasteiger partial charge on any atom is 0.131 e. The predicted molar refractivity (Wildman–Crippen MR) is 63.0 cm³/mol. The number of hydrogen-bond acceptors (Lipinski definition) is 3. The first-order valence-electron chi connectivity index (χ1n) is 5.81. The highest BCUT2D eigenvalue weighted by atomic mass is 16.5. The fourth-order valence-corrected chi connectivity index (χ4v) is 2.35. The van der Waals surface area contributed by atoms with Crippen molar-refractivity contribution in [2.75, 3.05) is 13.1 Å². The van der Waals surface area contributed by atoms with E-state index in [-0.39, 0.29) is 0 Å². The molecule has 0 amide bonds. The Morgan fingerprint density at radius 1 is 1.31 bits per heavy atom. The first-order chi connectivity index (χ1) is 7.93. The Hall–Kier alpha value is -1.48. The van der Waals surface area contributed by atoms with Gasteiger partial charge in [0.05, 0.1) is 0 Å². The zero-order valence-corrected chi connectivity index (χ0v) is 9.23. The molecule has 2 aliphatic rings. The van der Waals surface area contributed by atoms with Crippen molar-refractivity contribution >= 4 is 0 Å². The lowest BCUT2D eigenvalue weighted by Crippen LogP contribution is -2.31. The summed E-state index contributed by atoms with van der Waals surface area (Å²) >= 11 is 0. The van der Waals surface area contributed by atoms with Crippen molar-refractivity contribution < 1.29 is 4.74 Å². The fourth-order valence-electron chi connectivity index (χ4n) is 2.35. The van der Waals surface area contributed by atoms with Crippen LogP contribution in [0.15, 0.2) is 36.7 Å². The van der Waals surface area contributed by atoms with Crippen LogP contribution in [0.4, 0.5) is 0 Å². The van der Waals surface area contributed by atoms with Crippen LogP contribution >= 0.6 is 0 Å². The number of benzene rings is 1. The molecule has 1 fully saturated rings. The second kappa shape index (κ2) is 4.18. The SMILES string of the molecule is C1=CN(C2CCNC2)Cc2ccccc2O1. The van der Waals surface area contributed by atoms with Crippen LogP contribution in [-0.2, 0) is 6.54 Å². The molecule has 0 radical (unpaired) electrons. The third kappa shape index (κ3) is 1.78. The number of ether oxygens (including phenoxy) is 1. The molecule has 0 bridgehead atoms. The number of fused-ring (bicyclic) bond motifs is 1. The molecular formula is C13H16N2O. The van der Waals surface area contributed by atoms with E-state index in [0.29, 0.717) is 6.04 Å². The van der Waals surface area contributed by atoms with Crippen molar-refractivity contribution in [1.82, 2.24) is 10.2 Å². The summed E-state index contributed by atoms with van der Waals surface area (Å²) in [5.74, 6) is 0.979. The molecule has 0 aliphatic carbocycles. The van der Waals surface area contributed by atoms with Gasteiger partial charge in [0.2, 0.25) is 0 Å². The summed E-state index contributed by atoms with van der Waals surface area (Å²) in [5, 5.41) is 3.40. The minimum Gasteiger partial charge on any atom is -0.463 e. The lowest BCUT2D eigenvalue weighted by atomic mass is 10.1. The first kappa shape index (κ1) is 9.73. The van der Waals surface area contributed by atoms with E-state index in [1.807, 2.05) is 12.1 Å². The Kier molecular flexibility index (Phi) is 2.54. The zero-order chi connectivity index (χ0) is 10.8. The lowest BCUT2D eigenvalue weighted by Gasteiger charge is -2.25. The van der Waals surface area contributed by atoms with Crippen LogP contribution in [0.1, 0.15) is 12.0 Å². The summed E-state index contributed by atoms with van der Waals surface area (Å²) in [7, 11) is 0. The zero-order valence-electron chi connectivity index (χ0n) is 9.23. The molecule has 84 valence electrons.